The van der Waals surface area contributed by atoms with Gasteiger partial charge in [-0.25, -0.2) is 4.39 Å². The smallest absolute Gasteiger partial charge is 0.229 e. The quantitative estimate of drug-likeness (QED) is 0.755. The zero-order chi connectivity index (χ0) is 13.8. The Morgan fingerprint density at radius 2 is 1.84 bits per heavy atom. The molecule has 98 valence electrons. The van der Waals surface area contributed by atoms with Crippen molar-refractivity contribution in [2.24, 2.45) is 0 Å². The Morgan fingerprint density at radius 3 is 2.42 bits per heavy atom. The van der Waals surface area contributed by atoms with Crippen LogP contribution in [-0.4, -0.2) is 5.24 Å². The summed E-state index contributed by atoms with van der Waals surface area (Å²) in [6, 6.07) is 13.1. The molecule has 0 spiro atoms. The van der Waals surface area contributed by atoms with E-state index in [9.17, 15) is 9.18 Å². The Hall–Kier alpha value is -1.38. The highest BCUT2D eigenvalue weighted by molar-refractivity contribution is 6.64. The minimum Gasteiger partial charge on any atom is -0.281 e. The van der Waals surface area contributed by atoms with Gasteiger partial charge in [0, 0.05) is 5.02 Å². The molecule has 0 radical (unpaired) electrons. The molecular formula is C15H11Cl2FO. The first kappa shape index (κ1) is 14.0. The number of carbonyl (C=O) groups is 1. The molecule has 0 heterocycles. The summed E-state index contributed by atoms with van der Waals surface area (Å²) < 4.78 is 13.2. The molecule has 4 heteroatoms. The molecule has 0 amide bonds. The normalized spacial score (nSPS) is 12.2. The Morgan fingerprint density at radius 1 is 1.16 bits per heavy atom. The number of halogens is 3. The fourth-order valence-corrected chi connectivity index (χ4v) is 2.24. The highest BCUT2D eigenvalue weighted by Gasteiger charge is 2.19. The molecule has 0 aromatic heterocycles. The number of rotatable bonds is 4. The van der Waals surface area contributed by atoms with E-state index in [1.807, 2.05) is 12.1 Å². The Bertz CT molecular complexity index is 581. The maximum absolute atomic E-state index is 13.2. The Kier molecular flexibility index (Phi) is 4.56. The van der Waals surface area contributed by atoms with Crippen molar-refractivity contribution in [3.05, 3.63) is 70.5 Å². The summed E-state index contributed by atoms with van der Waals surface area (Å²) in [6.07, 6.45) is 0.420. The van der Waals surface area contributed by atoms with Crippen molar-refractivity contribution in [1.82, 2.24) is 0 Å². The molecule has 0 aliphatic carbocycles. The highest BCUT2D eigenvalue weighted by Crippen LogP contribution is 2.25. The van der Waals surface area contributed by atoms with Crippen LogP contribution >= 0.6 is 23.2 Å². The van der Waals surface area contributed by atoms with Gasteiger partial charge in [0.25, 0.3) is 0 Å². The number of hydrogen-bond donors (Lipinski definition) is 0. The van der Waals surface area contributed by atoms with Gasteiger partial charge in [-0.3, -0.25) is 4.79 Å². The van der Waals surface area contributed by atoms with E-state index in [0.29, 0.717) is 17.0 Å². The average Bonchev–Trinajstić information content (AvgIpc) is 2.37. The molecule has 0 saturated heterocycles. The van der Waals surface area contributed by atoms with E-state index >= 15 is 0 Å². The second kappa shape index (κ2) is 6.18. The van der Waals surface area contributed by atoms with Gasteiger partial charge in [0.15, 0.2) is 0 Å². The lowest BCUT2D eigenvalue weighted by Crippen LogP contribution is -2.10. The fraction of sp³-hybridized carbons (Fsp3) is 0.133. The molecule has 1 nitrogen and oxygen atoms in total. The summed E-state index contributed by atoms with van der Waals surface area (Å²) in [6.45, 7) is 0. The minimum absolute atomic E-state index is 0.378. The molecule has 19 heavy (non-hydrogen) atoms. The van der Waals surface area contributed by atoms with Gasteiger partial charge in [-0.1, -0.05) is 35.9 Å². The van der Waals surface area contributed by atoms with Gasteiger partial charge in [0.05, 0.1) is 5.92 Å². The van der Waals surface area contributed by atoms with E-state index in [-0.39, 0.29) is 5.82 Å². The lowest BCUT2D eigenvalue weighted by Gasteiger charge is -2.13. The summed E-state index contributed by atoms with van der Waals surface area (Å²) in [4.78, 5) is 11.5. The molecule has 1 atom stereocenters. The second-order valence-corrected chi connectivity index (χ2v) is 5.05. The lowest BCUT2D eigenvalue weighted by atomic mass is 9.93. The van der Waals surface area contributed by atoms with Crippen LogP contribution in [0.4, 0.5) is 4.39 Å². The first-order valence-corrected chi connectivity index (χ1v) is 6.51. The molecule has 0 fully saturated rings. The molecule has 2 rings (SSSR count). The summed E-state index contributed by atoms with van der Waals surface area (Å²) >= 11 is 11.4. The molecule has 0 aliphatic rings. The van der Waals surface area contributed by atoms with Crippen molar-refractivity contribution in [2.75, 3.05) is 0 Å². The zero-order valence-corrected chi connectivity index (χ0v) is 11.5. The molecule has 0 aliphatic heterocycles. The maximum Gasteiger partial charge on any atom is 0.229 e. The first-order valence-electron chi connectivity index (χ1n) is 5.75. The number of hydrogen-bond acceptors (Lipinski definition) is 1. The third kappa shape index (κ3) is 3.79. The molecule has 1 unspecified atom stereocenters. The molecule has 0 N–H and O–H groups in total. The van der Waals surface area contributed by atoms with Crippen LogP contribution in [0.25, 0.3) is 0 Å². The maximum atomic E-state index is 13.2. The van der Waals surface area contributed by atoms with Crippen LogP contribution in [-0.2, 0) is 11.2 Å². The fourth-order valence-electron chi connectivity index (χ4n) is 1.91. The van der Waals surface area contributed by atoms with Gasteiger partial charge in [-0.2, -0.15) is 0 Å². The standard InChI is InChI=1S/C15H11Cl2FO/c16-12-6-4-10(5-7-12)8-14(15(17)19)11-2-1-3-13(18)9-11/h1-7,9,14H,8H2. The predicted octanol–water partition coefficient (Wildman–Crippen LogP) is 4.57. The van der Waals surface area contributed by atoms with E-state index in [1.165, 1.54) is 12.1 Å². The summed E-state index contributed by atoms with van der Waals surface area (Å²) in [5.41, 5.74) is 1.50. The molecule has 2 aromatic carbocycles. The summed E-state index contributed by atoms with van der Waals surface area (Å²) in [7, 11) is 0. The van der Waals surface area contributed by atoms with Gasteiger partial charge in [0.1, 0.15) is 5.82 Å². The third-order valence-corrected chi connectivity index (χ3v) is 3.39. The molecule has 0 bridgehead atoms. The third-order valence-electron chi connectivity index (χ3n) is 2.88. The summed E-state index contributed by atoms with van der Waals surface area (Å²) in [5.74, 6) is -0.935. The largest absolute Gasteiger partial charge is 0.281 e. The van der Waals surface area contributed by atoms with Crippen molar-refractivity contribution < 1.29 is 9.18 Å². The highest BCUT2D eigenvalue weighted by atomic mass is 35.5. The SMILES string of the molecule is O=C(Cl)C(Cc1ccc(Cl)cc1)c1cccc(F)c1. The van der Waals surface area contributed by atoms with Crippen molar-refractivity contribution in [3.63, 3.8) is 0 Å². The zero-order valence-electron chi connectivity index (χ0n) is 9.95. The first-order chi connectivity index (χ1) is 9.06. The van der Waals surface area contributed by atoms with Gasteiger partial charge >= 0.3 is 0 Å². The average molecular weight is 297 g/mol. The summed E-state index contributed by atoms with van der Waals surface area (Å²) in [5, 5.41) is 0.129. The van der Waals surface area contributed by atoms with Crippen LogP contribution < -0.4 is 0 Å². The molecular weight excluding hydrogens is 286 g/mol. The van der Waals surface area contributed by atoms with Crippen molar-refractivity contribution in [1.29, 1.82) is 0 Å². The van der Waals surface area contributed by atoms with E-state index in [1.54, 1.807) is 24.3 Å². The van der Waals surface area contributed by atoms with Crippen LogP contribution in [0.3, 0.4) is 0 Å². The van der Waals surface area contributed by atoms with Crippen molar-refractivity contribution >= 4 is 28.4 Å². The minimum atomic E-state index is -0.557. The predicted molar refractivity (Wildman–Crippen MR) is 75.2 cm³/mol. The number of carbonyl (C=O) groups excluding carboxylic acids is 1. The Balaban J connectivity index is 2.26. The topological polar surface area (TPSA) is 17.1 Å². The van der Waals surface area contributed by atoms with Crippen molar-refractivity contribution in [2.45, 2.75) is 12.3 Å². The lowest BCUT2D eigenvalue weighted by molar-refractivity contribution is -0.113. The molecule has 0 saturated carbocycles. The van der Waals surface area contributed by atoms with E-state index < -0.39 is 11.2 Å². The number of benzene rings is 2. The van der Waals surface area contributed by atoms with Gasteiger partial charge in [-0.05, 0) is 53.4 Å². The Labute approximate surface area is 121 Å². The van der Waals surface area contributed by atoms with Crippen LogP contribution in [0.5, 0.6) is 0 Å². The van der Waals surface area contributed by atoms with Gasteiger partial charge in [0.2, 0.25) is 5.24 Å². The van der Waals surface area contributed by atoms with Crippen LogP contribution in [0.2, 0.25) is 5.02 Å². The van der Waals surface area contributed by atoms with Gasteiger partial charge < -0.3 is 0 Å². The van der Waals surface area contributed by atoms with E-state index in [2.05, 4.69) is 0 Å². The monoisotopic (exact) mass is 296 g/mol. The van der Waals surface area contributed by atoms with E-state index in [0.717, 1.165) is 5.56 Å². The van der Waals surface area contributed by atoms with Crippen LogP contribution in [0, 0.1) is 5.82 Å². The van der Waals surface area contributed by atoms with Crippen molar-refractivity contribution in [3.8, 4) is 0 Å². The van der Waals surface area contributed by atoms with Gasteiger partial charge in [-0.15, -0.1) is 0 Å². The van der Waals surface area contributed by atoms with Crippen LogP contribution in [0.1, 0.15) is 17.0 Å². The second-order valence-electron chi connectivity index (χ2n) is 4.24. The van der Waals surface area contributed by atoms with Crippen LogP contribution in [0.15, 0.2) is 48.5 Å². The van der Waals surface area contributed by atoms with E-state index in [4.69, 9.17) is 23.2 Å². The molecule has 2 aromatic rings.